The van der Waals surface area contributed by atoms with Gasteiger partial charge in [0.25, 0.3) is 5.95 Å². The average molecular weight is 268 g/mol. The number of aromatic nitrogens is 6. The van der Waals surface area contributed by atoms with E-state index in [9.17, 15) is 0 Å². The van der Waals surface area contributed by atoms with Crippen LogP contribution in [0.25, 0.3) is 5.95 Å². The molecule has 0 spiro atoms. The fraction of sp³-hybridized carbons (Fsp3) is 0.444. The summed E-state index contributed by atoms with van der Waals surface area (Å²) in [5, 5.41) is 7.20. The lowest BCUT2D eigenvalue weighted by molar-refractivity contribution is 0.195. The van der Waals surface area contributed by atoms with Crippen LogP contribution < -0.4 is 5.32 Å². The monoisotopic (exact) mass is 267 g/mol. The van der Waals surface area contributed by atoms with Gasteiger partial charge in [-0.05, 0) is 18.0 Å². The molecule has 0 saturated carbocycles. The molecule has 0 radical (unpaired) electrons. The summed E-state index contributed by atoms with van der Waals surface area (Å²) in [4.78, 5) is 16.1. The van der Waals surface area contributed by atoms with E-state index in [2.05, 4.69) is 30.4 Å². The molecule has 94 valence electrons. The van der Waals surface area contributed by atoms with Crippen LogP contribution in [-0.4, -0.2) is 49.0 Å². The van der Waals surface area contributed by atoms with Crippen molar-refractivity contribution in [2.45, 2.75) is 12.5 Å². The molecular weight excluding hydrogens is 258 g/mol. The van der Waals surface area contributed by atoms with E-state index in [1.54, 1.807) is 0 Å². The van der Waals surface area contributed by atoms with Crippen molar-refractivity contribution in [2.75, 3.05) is 18.5 Å². The molecule has 2 aromatic rings. The van der Waals surface area contributed by atoms with Gasteiger partial charge in [-0.25, -0.2) is 4.98 Å². The number of rotatable bonds is 3. The highest BCUT2D eigenvalue weighted by molar-refractivity contribution is 6.28. The molecule has 9 heteroatoms. The normalized spacial score (nSPS) is 19.1. The molecule has 3 rings (SSSR count). The summed E-state index contributed by atoms with van der Waals surface area (Å²) in [7, 11) is 0. The van der Waals surface area contributed by atoms with E-state index in [-0.39, 0.29) is 11.3 Å². The highest BCUT2D eigenvalue weighted by Crippen LogP contribution is 2.13. The van der Waals surface area contributed by atoms with Gasteiger partial charge in [0.1, 0.15) is 12.7 Å². The van der Waals surface area contributed by atoms with E-state index in [0.717, 1.165) is 13.0 Å². The Balaban J connectivity index is 1.86. The second kappa shape index (κ2) is 4.83. The van der Waals surface area contributed by atoms with Crippen molar-refractivity contribution < 1.29 is 4.74 Å². The van der Waals surface area contributed by atoms with Gasteiger partial charge in [0, 0.05) is 6.61 Å². The van der Waals surface area contributed by atoms with Crippen LogP contribution in [0.1, 0.15) is 6.42 Å². The molecule has 1 N–H and O–H groups in total. The second-order valence-electron chi connectivity index (χ2n) is 3.77. The average Bonchev–Trinajstić information content (AvgIpc) is 3.00. The van der Waals surface area contributed by atoms with Gasteiger partial charge in [-0.2, -0.15) is 24.7 Å². The number of hydrogen-bond acceptors (Lipinski definition) is 7. The molecule has 1 aliphatic heterocycles. The maximum atomic E-state index is 5.86. The maximum Gasteiger partial charge on any atom is 0.258 e. The first-order valence-electron chi connectivity index (χ1n) is 5.42. The van der Waals surface area contributed by atoms with E-state index in [1.807, 2.05) is 0 Å². The fourth-order valence-corrected chi connectivity index (χ4v) is 1.80. The molecule has 1 atom stereocenters. The van der Waals surface area contributed by atoms with Gasteiger partial charge < -0.3 is 10.1 Å². The minimum absolute atomic E-state index is 0.108. The number of nitrogens with zero attached hydrogens (tertiary/aromatic N) is 6. The predicted molar refractivity (Wildman–Crippen MR) is 62.6 cm³/mol. The Bertz CT molecular complexity index is 526. The van der Waals surface area contributed by atoms with E-state index >= 15 is 0 Å². The Morgan fingerprint density at radius 3 is 3.06 bits per heavy atom. The number of anilines is 1. The zero-order chi connectivity index (χ0) is 12.4. The first-order chi connectivity index (χ1) is 8.81. The zero-order valence-corrected chi connectivity index (χ0v) is 10.1. The largest absolute Gasteiger partial charge is 0.379 e. The lowest BCUT2D eigenvalue weighted by Crippen LogP contribution is -2.21. The second-order valence-corrected chi connectivity index (χ2v) is 4.11. The molecule has 18 heavy (non-hydrogen) atoms. The van der Waals surface area contributed by atoms with E-state index in [4.69, 9.17) is 16.3 Å². The molecule has 0 aliphatic carbocycles. The van der Waals surface area contributed by atoms with Crippen molar-refractivity contribution in [3.05, 3.63) is 17.9 Å². The predicted octanol–water partition coefficient (Wildman–Crippen LogP) is 0.306. The van der Waals surface area contributed by atoms with Crippen LogP contribution in [0.15, 0.2) is 12.7 Å². The molecule has 0 bridgehead atoms. The SMILES string of the molecule is Clc1nc(NC2CCOC2)nc(-n2cncn2)n1. The smallest absolute Gasteiger partial charge is 0.258 e. The van der Waals surface area contributed by atoms with Gasteiger partial charge in [0.05, 0.1) is 12.6 Å². The van der Waals surface area contributed by atoms with Crippen LogP contribution in [0, 0.1) is 0 Å². The third kappa shape index (κ3) is 2.39. The lowest BCUT2D eigenvalue weighted by atomic mass is 10.3. The minimum atomic E-state index is 0.108. The van der Waals surface area contributed by atoms with E-state index in [1.165, 1.54) is 17.3 Å². The molecule has 3 heterocycles. The molecule has 1 aliphatic rings. The summed E-state index contributed by atoms with van der Waals surface area (Å²) >= 11 is 5.86. The van der Waals surface area contributed by atoms with Gasteiger partial charge in [-0.15, -0.1) is 0 Å². The summed E-state index contributed by atoms with van der Waals surface area (Å²) in [5.41, 5.74) is 0. The Labute approximate surface area is 107 Å². The zero-order valence-electron chi connectivity index (χ0n) is 9.32. The Kier molecular flexibility index (Phi) is 3.03. The van der Waals surface area contributed by atoms with E-state index < -0.39 is 0 Å². The van der Waals surface area contributed by atoms with Crippen molar-refractivity contribution in [1.29, 1.82) is 0 Å². The third-order valence-electron chi connectivity index (χ3n) is 2.48. The maximum absolute atomic E-state index is 5.86. The summed E-state index contributed by atoms with van der Waals surface area (Å²) in [6.45, 7) is 1.38. The molecule has 0 amide bonds. The first kappa shape index (κ1) is 11.3. The fourth-order valence-electron chi connectivity index (χ4n) is 1.65. The highest BCUT2D eigenvalue weighted by Gasteiger charge is 2.17. The molecule has 1 fully saturated rings. The van der Waals surface area contributed by atoms with Crippen molar-refractivity contribution in [1.82, 2.24) is 29.7 Å². The Morgan fingerprint density at radius 1 is 1.39 bits per heavy atom. The number of halogens is 1. The van der Waals surface area contributed by atoms with E-state index in [0.29, 0.717) is 18.5 Å². The molecule has 1 saturated heterocycles. The van der Waals surface area contributed by atoms with Crippen molar-refractivity contribution in [3.8, 4) is 5.95 Å². The summed E-state index contributed by atoms with van der Waals surface area (Å²) < 4.78 is 6.69. The van der Waals surface area contributed by atoms with Crippen LogP contribution in [0.5, 0.6) is 0 Å². The Hall–Kier alpha value is -1.80. The van der Waals surface area contributed by atoms with Crippen LogP contribution in [0.2, 0.25) is 5.28 Å². The Morgan fingerprint density at radius 2 is 2.33 bits per heavy atom. The highest BCUT2D eigenvalue weighted by atomic mass is 35.5. The van der Waals surface area contributed by atoms with Gasteiger partial charge in [-0.3, -0.25) is 0 Å². The molecular formula is C9H10ClN7O. The first-order valence-corrected chi connectivity index (χ1v) is 5.80. The third-order valence-corrected chi connectivity index (χ3v) is 2.65. The number of hydrogen-bond donors (Lipinski definition) is 1. The molecule has 8 nitrogen and oxygen atoms in total. The van der Waals surface area contributed by atoms with Gasteiger partial charge in [0.2, 0.25) is 11.2 Å². The molecule has 0 aromatic carbocycles. The number of nitrogens with one attached hydrogen (secondary N) is 1. The summed E-state index contributed by atoms with van der Waals surface area (Å²) in [5.74, 6) is 0.741. The van der Waals surface area contributed by atoms with Crippen molar-refractivity contribution >= 4 is 17.5 Å². The van der Waals surface area contributed by atoms with Crippen LogP contribution in [0.3, 0.4) is 0 Å². The topological polar surface area (TPSA) is 90.6 Å². The van der Waals surface area contributed by atoms with Gasteiger partial charge >= 0.3 is 0 Å². The standard InChI is InChI=1S/C9H10ClN7O/c10-7-14-8(13-6-1-2-18-3-6)16-9(15-7)17-5-11-4-12-17/h4-6H,1-3H2,(H,13,14,15,16). The van der Waals surface area contributed by atoms with Crippen LogP contribution in [-0.2, 0) is 4.74 Å². The molecule has 1 unspecified atom stereocenters. The summed E-state index contributed by atoms with van der Waals surface area (Å²) in [6.07, 6.45) is 3.81. The quantitative estimate of drug-likeness (QED) is 0.855. The van der Waals surface area contributed by atoms with Crippen LogP contribution in [0.4, 0.5) is 5.95 Å². The summed E-state index contributed by atoms with van der Waals surface area (Å²) in [6, 6.07) is 0.201. The lowest BCUT2D eigenvalue weighted by Gasteiger charge is -2.10. The minimum Gasteiger partial charge on any atom is -0.379 e. The van der Waals surface area contributed by atoms with Gasteiger partial charge in [0.15, 0.2) is 0 Å². The van der Waals surface area contributed by atoms with Gasteiger partial charge in [-0.1, -0.05) is 0 Å². The van der Waals surface area contributed by atoms with Crippen LogP contribution >= 0.6 is 11.6 Å². The van der Waals surface area contributed by atoms with Crippen molar-refractivity contribution in [2.24, 2.45) is 0 Å². The van der Waals surface area contributed by atoms with Crippen molar-refractivity contribution in [3.63, 3.8) is 0 Å². The molecule has 2 aromatic heterocycles. The number of ether oxygens (including phenoxy) is 1.